The van der Waals surface area contributed by atoms with Gasteiger partial charge in [-0.3, -0.25) is 9.59 Å². The second-order valence-corrected chi connectivity index (χ2v) is 11.5. The van der Waals surface area contributed by atoms with Crippen molar-refractivity contribution in [2.75, 3.05) is 13.2 Å². The topological polar surface area (TPSA) is 93.1 Å². The number of carbonyl (C=O) groups excluding carboxylic acids is 2. The van der Waals surface area contributed by atoms with E-state index in [-0.39, 0.29) is 37.7 Å². The number of hydrogen-bond donors (Lipinski definition) is 2. The summed E-state index contributed by atoms with van der Waals surface area (Å²) in [4.78, 5) is 24.0. The van der Waals surface area contributed by atoms with Crippen LogP contribution in [0.3, 0.4) is 0 Å². The van der Waals surface area contributed by atoms with Crippen molar-refractivity contribution >= 4 is 11.9 Å². The Morgan fingerprint density at radius 3 is 1.76 bits per heavy atom. The van der Waals surface area contributed by atoms with Crippen LogP contribution in [0.25, 0.3) is 0 Å². The van der Waals surface area contributed by atoms with Crippen LogP contribution in [0.1, 0.15) is 136 Å². The summed E-state index contributed by atoms with van der Waals surface area (Å²) in [5.41, 5.74) is 0. The Hall–Kier alpha value is -2.18. The summed E-state index contributed by atoms with van der Waals surface area (Å²) >= 11 is 0. The summed E-state index contributed by atoms with van der Waals surface area (Å²) in [6, 6.07) is 0. The van der Waals surface area contributed by atoms with E-state index in [9.17, 15) is 19.8 Å². The highest BCUT2D eigenvalue weighted by Gasteiger charge is 2.15. The molecule has 0 rings (SSSR count). The zero-order valence-corrected chi connectivity index (χ0v) is 27.0. The summed E-state index contributed by atoms with van der Waals surface area (Å²) in [6.45, 7) is 6.06. The predicted octanol–water partition coefficient (Wildman–Crippen LogP) is 8.72. The molecule has 0 saturated carbocycles. The monoisotopic (exact) mass is 590 g/mol. The molecular weight excluding hydrogens is 528 g/mol. The van der Waals surface area contributed by atoms with Crippen LogP contribution < -0.4 is 0 Å². The Morgan fingerprint density at radius 1 is 0.667 bits per heavy atom. The maximum Gasteiger partial charge on any atom is 0.306 e. The lowest BCUT2D eigenvalue weighted by Crippen LogP contribution is -2.28. The summed E-state index contributed by atoms with van der Waals surface area (Å²) in [7, 11) is 0. The molecule has 0 aliphatic heterocycles. The van der Waals surface area contributed by atoms with Crippen LogP contribution in [-0.4, -0.2) is 47.6 Å². The molecule has 0 fully saturated rings. The molecule has 0 aromatic rings. The molecule has 0 bridgehead atoms. The van der Waals surface area contributed by atoms with Crippen LogP contribution in [0.4, 0.5) is 0 Å². The summed E-state index contributed by atoms with van der Waals surface area (Å²) in [5, 5.41) is 19.0. The van der Waals surface area contributed by atoms with Crippen molar-refractivity contribution in [3.63, 3.8) is 0 Å². The highest BCUT2D eigenvalue weighted by Crippen LogP contribution is 2.13. The number of unbranched alkanes of at least 4 members (excludes halogenated alkanes) is 7. The third-order valence-corrected chi connectivity index (χ3v) is 6.97. The zero-order chi connectivity index (χ0) is 31.1. The van der Waals surface area contributed by atoms with E-state index in [1.54, 1.807) is 0 Å². The van der Waals surface area contributed by atoms with Crippen molar-refractivity contribution < 1.29 is 29.3 Å². The zero-order valence-electron chi connectivity index (χ0n) is 27.0. The molecule has 0 amide bonds. The molecule has 0 aliphatic rings. The standard InChI is InChI=1S/C36H62O6/c1-4-33(38)27-23-19-15-11-9-7-5-6-8-10-12-16-21-25-29-36(40)42-34(30-37)31-41-35(39)28-24-20-17-13-14-18-22-26-32(2)3/h6-9,12,15-16,19,32-34,37-38H,4-5,10-11,13-14,17-18,20-31H2,1-3H3/b8-6-,9-7-,16-12-,19-15-/t33-,34+/m1/s1. The van der Waals surface area contributed by atoms with Gasteiger partial charge in [-0.15, -0.1) is 0 Å². The molecule has 0 heterocycles. The van der Waals surface area contributed by atoms with Gasteiger partial charge in [0.1, 0.15) is 6.61 Å². The van der Waals surface area contributed by atoms with Crippen molar-refractivity contribution in [2.24, 2.45) is 5.92 Å². The first-order valence-corrected chi connectivity index (χ1v) is 16.6. The van der Waals surface area contributed by atoms with E-state index in [1.165, 1.54) is 32.1 Å². The minimum atomic E-state index is -0.808. The van der Waals surface area contributed by atoms with Gasteiger partial charge in [0, 0.05) is 12.8 Å². The third kappa shape index (κ3) is 29.3. The molecule has 0 unspecified atom stereocenters. The summed E-state index contributed by atoms with van der Waals surface area (Å²) in [6.07, 6.45) is 32.7. The van der Waals surface area contributed by atoms with Gasteiger partial charge in [-0.25, -0.2) is 0 Å². The average Bonchev–Trinajstić information content (AvgIpc) is 2.97. The van der Waals surface area contributed by atoms with Crippen molar-refractivity contribution in [3.8, 4) is 0 Å². The average molecular weight is 591 g/mol. The Labute approximate surface area is 257 Å². The molecular formula is C36H62O6. The van der Waals surface area contributed by atoms with E-state index in [2.05, 4.69) is 62.5 Å². The Morgan fingerprint density at radius 2 is 1.19 bits per heavy atom. The molecule has 2 atom stereocenters. The van der Waals surface area contributed by atoms with Gasteiger partial charge in [0.05, 0.1) is 12.7 Å². The Balaban J connectivity index is 3.75. The second kappa shape index (κ2) is 30.3. The van der Waals surface area contributed by atoms with Gasteiger partial charge in [-0.05, 0) is 63.7 Å². The van der Waals surface area contributed by atoms with Gasteiger partial charge in [-0.2, -0.15) is 0 Å². The summed E-state index contributed by atoms with van der Waals surface area (Å²) < 4.78 is 10.5. The molecule has 6 heteroatoms. The van der Waals surface area contributed by atoms with E-state index < -0.39 is 6.10 Å². The maximum absolute atomic E-state index is 12.1. The fourth-order valence-corrected chi connectivity index (χ4v) is 4.24. The van der Waals surface area contributed by atoms with E-state index in [0.29, 0.717) is 12.8 Å². The van der Waals surface area contributed by atoms with Gasteiger partial charge in [0.25, 0.3) is 0 Å². The molecule has 6 nitrogen and oxygen atoms in total. The van der Waals surface area contributed by atoms with Crippen molar-refractivity contribution in [1.82, 2.24) is 0 Å². The van der Waals surface area contributed by atoms with Gasteiger partial charge in [-0.1, -0.05) is 114 Å². The molecule has 0 aliphatic carbocycles. The lowest BCUT2D eigenvalue weighted by molar-refractivity contribution is -0.161. The number of aliphatic hydroxyl groups is 2. The van der Waals surface area contributed by atoms with Gasteiger partial charge in [0.2, 0.25) is 0 Å². The fourth-order valence-electron chi connectivity index (χ4n) is 4.24. The van der Waals surface area contributed by atoms with Crippen molar-refractivity contribution in [1.29, 1.82) is 0 Å². The highest BCUT2D eigenvalue weighted by atomic mass is 16.6. The number of ether oxygens (including phenoxy) is 2. The molecule has 42 heavy (non-hydrogen) atoms. The number of allylic oxidation sites excluding steroid dienone is 8. The molecule has 0 saturated heterocycles. The second-order valence-electron chi connectivity index (χ2n) is 11.5. The fraction of sp³-hybridized carbons (Fsp3) is 0.722. The van der Waals surface area contributed by atoms with E-state index >= 15 is 0 Å². The quantitative estimate of drug-likeness (QED) is 0.0538. The van der Waals surface area contributed by atoms with Crippen molar-refractivity contribution in [3.05, 3.63) is 48.6 Å². The van der Waals surface area contributed by atoms with Gasteiger partial charge in [0.15, 0.2) is 6.10 Å². The molecule has 242 valence electrons. The lowest BCUT2D eigenvalue weighted by atomic mass is 10.0. The molecule has 0 radical (unpaired) electrons. The Kier molecular flexibility index (Phi) is 28.7. The molecule has 0 aromatic carbocycles. The number of aliphatic hydroxyl groups excluding tert-OH is 2. The van der Waals surface area contributed by atoms with Crippen LogP contribution in [0.2, 0.25) is 0 Å². The van der Waals surface area contributed by atoms with Crippen LogP contribution in [0, 0.1) is 5.92 Å². The predicted molar refractivity (Wildman–Crippen MR) is 174 cm³/mol. The van der Waals surface area contributed by atoms with Crippen LogP contribution in [0.5, 0.6) is 0 Å². The first kappa shape index (κ1) is 39.8. The molecule has 0 aromatic heterocycles. The number of carbonyl (C=O) groups is 2. The smallest absolute Gasteiger partial charge is 0.306 e. The summed E-state index contributed by atoms with van der Waals surface area (Å²) in [5.74, 6) is 0.100. The first-order valence-electron chi connectivity index (χ1n) is 16.6. The van der Waals surface area contributed by atoms with Crippen LogP contribution in [0.15, 0.2) is 48.6 Å². The normalized spacial score (nSPS) is 13.7. The third-order valence-electron chi connectivity index (χ3n) is 6.97. The van der Waals surface area contributed by atoms with E-state index in [1.807, 2.05) is 6.92 Å². The van der Waals surface area contributed by atoms with E-state index in [4.69, 9.17) is 9.47 Å². The Bertz CT molecular complexity index is 752. The SMILES string of the molecule is CC[C@@H](O)CC/C=C\C/C=C\C/C=C\C/C=C\CCCC(=O)O[C@@H](CO)COC(=O)CCCCCCCCCC(C)C. The number of esters is 2. The van der Waals surface area contributed by atoms with Crippen LogP contribution in [-0.2, 0) is 19.1 Å². The van der Waals surface area contributed by atoms with Gasteiger partial charge >= 0.3 is 11.9 Å². The first-order chi connectivity index (χ1) is 20.4. The minimum Gasteiger partial charge on any atom is -0.462 e. The number of hydrogen-bond acceptors (Lipinski definition) is 6. The van der Waals surface area contributed by atoms with E-state index in [0.717, 1.165) is 70.1 Å². The van der Waals surface area contributed by atoms with Crippen LogP contribution >= 0.6 is 0 Å². The van der Waals surface area contributed by atoms with Crippen molar-refractivity contribution in [2.45, 2.75) is 149 Å². The lowest BCUT2D eigenvalue weighted by Gasteiger charge is -2.15. The molecule has 2 N–H and O–H groups in total. The minimum absolute atomic E-state index is 0.0981. The highest BCUT2D eigenvalue weighted by molar-refractivity contribution is 5.70. The number of rotatable bonds is 28. The van der Waals surface area contributed by atoms with Gasteiger partial charge < -0.3 is 19.7 Å². The maximum atomic E-state index is 12.1. The molecule has 0 spiro atoms. The largest absolute Gasteiger partial charge is 0.462 e.